The first kappa shape index (κ1) is 11.7. The zero-order chi connectivity index (χ0) is 12.3. The molecular formula is C13H15FN2O. The summed E-state index contributed by atoms with van der Waals surface area (Å²) < 4.78 is 20.4. The first-order valence-electron chi connectivity index (χ1n) is 5.41. The van der Waals surface area contributed by atoms with Gasteiger partial charge in [0.2, 0.25) is 0 Å². The largest absolute Gasteiger partial charge is 0.489 e. The van der Waals surface area contributed by atoms with E-state index in [1.165, 1.54) is 12.1 Å². The Morgan fingerprint density at radius 2 is 2.18 bits per heavy atom. The molecule has 0 aliphatic heterocycles. The van der Waals surface area contributed by atoms with Crippen molar-refractivity contribution < 1.29 is 9.13 Å². The number of benzene rings is 1. The van der Waals surface area contributed by atoms with Crippen molar-refractivity contribution in [2.24, 2.45) is 12.8 Å². The van der Waals surface area contributed by atoms with Crippen molar-refractivity contribution in [1.29, 1.82) is 0 Å². The third kappa shape index (κ3) is 2.85. The summed E-state index contributed by atoms with van der Waals surface area (Å²) in [6.07, 6.45) is 1.96. The van der Waals surface area contributed by atoms with E-state index in [1.807, 2.05) is 23.9 Å². The minimum Gasteiger partial charge on any atom is -0.489 e. The molecule has 0 saturated carbocycles. The van der Waals surface area contributed by atoms with Crippen LogP contribution in [-0.2, 0) is 20.2 Å². The van der Waals surface area contributed by atoms with Gasteiger partial charge < -0.3 is 15.0 Å². The number of ether oxygens (including phenoxy) is 1. The summed E-state index contributed by atoms with van der Waals surface area (Å²) in [5.74, 6) is 0.237. The fraction of sp³-hybridized carbons (Fsp3) is 0.231. The average molecular weight is 234 g/mol. The molecule has 2 aromatic rings. The molecule has 1 heterocycles. The second-order valence-electron chi connectivity index (χ2n) is 3.90. The van der Waals surface area contributed by atoms with Crippen LogP contribution in [0.5, 0.6) is 5.75 Å². The summed E-state index contributed by atoms with van der Waals surface area (Å²) in [5, 5.41) is 0. The molecule has 90 valence electrons. The van der Waals surface area contributed by atoms with Crippen molar-refractivity contribution in [3.05, 3.63) is 53.6 Å². The van der Waals surface area contributed by atoms with Crippen molar-refractivity contribution in [3.8, 4) is 5.75 Å². The molecule has 4 heteroatoms. The minimum absolute atomic E-state index is 0.293. The van der Waals surface area contributed by atoms with Gasteiger partial charge in [-0.05, 0) is 18.2 Å². The van der Waals surface area contributed by atoms with Crippen LogP contribution in [0.25, 0.3) is 0 Å². The first-order valence-corrected chi connectivity index (χ1v) is 5.41. The van der Waals surface area contributed by atoms with Crippen LogP contribution < -0.4 is 10.5 Å². The van der Waals surface area contributed by atoms with E-state index in [0.29, 0.717) is 18.9 Å². The standard InChI is InChI=1S/C13H15FN2O/c1-16-8-10(5-12(16)7-15)9-17-13-4-2-3-11(14)6-13/h2-6,8H,7,9,15H2,1H3. The second kappa shape index (κ2) is 5.01. The predicted molar refractivity (Wildman–Crippen MR) is 64.0 cm³/mol. The van der Waals surface area contributed by atoms with E-state index in [4.69, 9.17) is 10.5 Å². The summed E-state index contributed by atoms with van der Waals surface area (Å²) in [5.41, 5.74) is 7.65. The van der Waals surface area contributed by atoms with E-state index in [2.05, 4.69) is 0 Å². The average Bonchev–Trinajstić information content (AvgIpc) is 2.67. The number of rotatable bonds is 4. The van der Waals surface area contributed by atoms with Gasteiger partial charge >= 0.3 is 0 Å². The molecule has 0 aliphatic rings. The Morgan fingerprint density at radius 1 is 1.35 bits per heavy atom. The topological polar surface area (TPSA) is 40.2 Å². The molecule has 0 fully saturated rings. The monoisotopic (exact) mass is 234 g/mol. The van der Waals surface area contributed by atoms with Crippen LogP contribution in [0.1, 0.15) is 11.3 Å². The van der Waals surface area contributed by atoms with Crippen LogP contribution in [0.2, 0.25) is 0 Å². The molecule has 1 aromatic heterocycles. The molecule has 0 unspecified atom stereocenters. The summed E-state index contributed by atoms with van der Waals surface area (Å²) in [6.45, 7) is 0.910. The third-order valence-corrected chi connectivity index (χ3v) is 2.58. The molecule has 0 radical (unpaired) electrons. The summed E-state index contributed by atoms with van der Waals surface area (Å²) >= 11 is 0. The Kier molecular flexibility index (Phi) is 3.44. The number of nitrogens with two attached hydrogens (primary N) is 1. The molecule has 0 atom stereocenters. The highest BCUT2D eigenvalue weighted by Crippen LogP contribution is 2.15. The fourth-order valence-electron chi connectivity index (χ4n) is 1.69. The van der Waals surface area contributed by atoms with Crippen molar-refractivity contribution in [1.82, 2.24) is 4.57 Å². The third-order valence-electron chi connectivity index (χ3n) is 2.58. The lowest BCUT2D eigenvalue weighted by Gasteiger charge is -2.04. The number of aryl methyl sites for hydroxylation is 1. The number of halogens is 1. The van der Waals surface area contributed by atoms with E-state index in [9.17, 15) is 4.39 Å². The van der Waals surface area contributed by atoms with Gasteiger partial charge in [0.1, 0.15) is 18.2 Å². The number of nitrogens with zero attached hydrogens (tertiary/aromatic N) is 1. The molecular weight excluding hydrogens is 219 g/mol. The Balaban J connectivity index is 2.02. The molecule has 0 aliphatic carbocycles. The highest BCUT2D eigenvalue weighted by atomic mass is 19.1. The van der Waals surface area contributed by atoms with Crippen LogP contribution in [0.3, 0.4) is 0 Å². The van der Waals surface area contributed by atoms with Gasteiger partial charge in [0.25, 0.3) is 0 Å². The van der Waals surface area contributed by atoms with E-state index in [0.717, 1.165) is 11.3 Å². The lowest BCUT2D eigenvalue weighted by atomic mass is 10.3. The van der Waals surface area contributed by atoms with Crippen LogP contribution in [0, 0.1) is 5.82 Å². The quantitative estimate of drug-likeness (QED) is 0.881. The maximum atomic E-state index is 12.9. The van der Waals surface area contributed by atoms with E-state index in [1.54, 1.807) is 12.1 Å². The Bertz CT molecular complexity index is 508. The van der Waals surface area contributed by atoms with Gasteiger partial charge in [0.15, 0.2) is 0 Å². The second-order valence-corrected chi connectivity index (χ2v) is 3.90. The fourth-order valence-corrected chi connectivity index (χ4v) is 1.69. The van der Waals surface area contributed by atoms with E-state index in [-0.39, 0.29) is 5.82 Å². The highest BCUT2D eigenvalue weighted by molar-refractivity contribution is 5.24. The molecule has 2 rings (SSSR count). The zero-order valence-electron chi connectivity index (χ0n) is 9.69. The van der Waals surface area contributed by atoms with Crippen LogP contribution >= 0.6 is 0 Å². The van der Waals surface area contributed by atoms with Gasteiger partial charge in [-0.2, -0.15) is 0 Å². The van der Waals surface area contributed by atoms with Crippen LogP contribution in [-0.4, -0.2) is 4.57 Å². The molecule has 2 N–H and O–H groups in total. The summed E-state index contributed by atoms with van der Waals surface area (Å²) in [7, 11) is 1.94. The molecule has 3 nitrogen and oxygen atoms in total. The van der Waals surface area contributed by atoms with Gasteiger partial charge in [0, 0.05) is 37.1 Å². The maximum Gasteiger partial charge on any atom is 0.126 e. The van der Waals surface area contributed by atoms with Crippen molar-refractivity contribution in [2.75, 3.05) is 0 Å². The molecule has 1 aromatic carbocycles. The van der Waals surface area contributed by atoms with Crippen LogP contribution in [0.15, 0.2) is 36.5 Å². The maximum absolute atomic E-state index is 12.9. The first-order chi connectivity index (χ1) is 8.19. The molecule has 0 spiro atoms. The predicted octanol–water partition coefficient (Wildman–Crippen LogP) is 2.20. The molecule has 0 saturated heterocycles. The van der Waals surface area contributed by atoms with Crippen LogP contribution in [0.4, 0.5) is 4.39 Å². The number of hydrogen-bond acceptors (Lipinski definition) is 2. The molecule has 0 bridgehead atoms. The van der Waals surface area contributed by atoms with E-state index >= 15 is 0 Å². The minimum atomic E-state index is -0.293. The Labute approximate surface area is 99.6 Å². The molecule has 0 amide bonds. The smallest absolute Gasteiger partial charge is 0.126 e. The summed E-state index contributed by atoms with van der Waals surface area (Å²) in [6, 6.07) is 8.10. The van der Waals surface area contributed by atoms with Gasteiger partial charge in [-0.3, -0.25) is 0 Å². The lowest BCUT2D eigenvalue weighted by molar-refractivity contribution is 0.304. The SMILES string of the molecule is Cn1cc(COc2cccc(F)c2)cc1CN. The van der Waals surface area contributed by atoms with Gasteiger partial charge in [-0.1, -0.05) is 6.07 Å². The summed E-state index contributed by atoms with van der Waals surface area (Å²) in [4.78, 5) is 0. The Morgan fingerprint density at radius 3 is 2.82 bits per heavy atom. The van der Waals surface area contributed by atoms with E-state index < -0.39 is 0 Å². The van der Waals surface area contributed by atoms with Gasteiger partial charge in [-0.15, -0.1) is 0 Å². The molecule has 17 heavy (non-hydrogen) atoms. The lowest BCUT2D eigenvalue weighted by Crippen LogP contribution is -2.01. The highest BCUT2D eigenvalue weighted by Gasteiger charge is 2.02. The normalized spacial score (nSPS) is 10.5. The van der Waals surface area contributed by atoms with Gasteiger partial charge in [0.05, 0.1) is 0 Å². The van der Waals surface area contributed by atoms with Crippen molar-refractivity contribution in [3.63, 3.8) is 0 Å². The Hall–Kier alpha value is -1.81. The van der Waals surface area contributed by atoms with Gasteiger partial charge in [-0.25, -0.2) is 4.39 Å². The van der Waals surface area contributed by atoms with Crippen molar-refractivity contribution in [2.45, 2.75) is 13.2 Å². The number of hydrogen-bond donors (Lipinski definition) is 1. The number of aromatic nitrogens is 1. The van der Waals surface area contributed by atoms with Crippen molar-refractivity contribution >= 4 is 0 Å². The zero-order valence-corrected chi connectivity index (χ0v) is 9.69.